The zero-order chi connectivity index (χ0) is 20.8. The van der Waals surface area contributed by atoms with Crippen LogP contribution in [0.4, 0.5) is 5.69 Å². The number of morpholine rings is 1. The van der Waals surface area contributed by atoms with E-state index in [0.29, 0.717) is 42.6 Å². The molecule has 1 fully saturated rings. The number of aryl methyl sites for hydroxylation is 1. The summed E-state index contributed by atoms with van der Waals surface area (Å²) in [5, 5.41) is 2.94. The summed E-state index contributed by atoms with van der Waals surface area (Å²) in [6, 6.07) is 11.1. The molecule has 30 heavy (non-hydrogen) atoms. The van der Waals surface area contributed by atoms with Gasteiger partial charge >= 0.3 is 0 Å². The minimum absolute atomic E-state index is 0.177. The first-order valence-electron chi connectivity index (χ1n) is 10.4. The lowest BCUT2D eigenvalue weighted by Crippen LogP contribution is -2.38. The summed E-state index contributed by atoms with van der Waals surface area (Å²) in [5.74, 6) is 1.92. The van der Waals surface area contributed by atoms with Crippen LogP contribution in [-0.2, 0) is 4.74 Å². The number of fused-ring (bicyclic) bond motifs is 1. The summed E-state index contributed by atoms with van der Waals surface area (Å²) in [4.78, 5) is 15.1. The molecule has 0 saturated carbocycles. The normalized spacial score (nSPS) is 16.6. The van der Waals surface area contributed by atoms with Crippen LogP contribution in [0.1, 0.15) is 22.3 Å². The van der Waals surface area contributed by atoms with Gasteiger partial charge in [0.15, 0.2) is 11.5 Å². The van der Waals surface area contributed by atoms with Gasteiger partial charge in [0.05, 0.1) is 26.4 Å². The van der Waals surface area contributed by atoms with Crippen molar-refractivity contribution in [3.63, 3.8) is 0 Å². The van der Waals surface area contributed by atoms with Gasteiger partial charge in [-0.1, -0.05) is 0 Å². The molecule has 2 aromatic rings. The molecule has 0 unspecified atom stereocenters. The Hall–Kier alpha value is -2.77. The predicted octanol–water partition coefficient (Wildman–Crippen LogP) is 3.12. The number of carbonyl (C=O) groups is 1. The Morgan fingerprint density at radius 1 is 1.03 bits per heavy atom. The van der Waals surface area contributed by atoms with Crippen LogP contribution in [0.3, 0.4) is 0 Å². The Balaban J connectivity index is 1.33. The molecule has 1 saturated heterocycles. The van der Waals surface area contributed by atoms with Crippen molar-refractivity contribution in [3.8, 4) is 17.2 Å². The molecule has 0 atom stereocenters. The van der Waals surface area contributed by atoms with Crippen molar-refractivity contribution in [1.82, 2.24) is 4.90 Å². The number of hydrogen-bond donors (Lipinski definition) is 1. The molecule has 2 aliphatic heterocycles. The Morgan fingerprint density at radius 3 is 2.47 bits per heavy atom. The van der Waals surface area contributed by atoms with Crippen molar-refractivity contribution in [2.45, 2.75) is 13.3 Å². The van der Waals surface area contributed by atoms with Gasteiger partial charge in [-0.05, 0) is 48.9 Å². The Kier molecular flexibility index (Phi) is 6.71. The molecule has 2 aromatic carbocycles. The maximum atomic E-state index is 12.8. The van der Waals surface area contributed by atoms with E-state index in [9.17, 15) is 4.79 Å². The highest BCUT2D eigenvalue weighted by Gasteiger charge is 2.17. The van der Waals surface area contributed by atoms with Crippen LogP contribution >= 0.6 is 0 Å². The Morgan fingerprint density at radius 2 is 1.73 bits per heavy atom. The standard InChI is InChI=1S/C23H28N2O5/c1-17-15-21-22(30-11-2-10-29-21)16-20(17)23(26)24-18-3-5-19(6-4-18)28-14-9-25-7-12-27-13-8-25/h3-6,15-16H,2,7-14H2,1H3,(H,24,26). The first-order valence-corrected chi connectivity index (χ1v) is 10.4. The Bertz CT molecular complexity index is 863. The number of amides is 1. The zero-order valence-electron chi connectivity index (χ0n) is 17.3. The topological polar surface area (TPSA) is 69.3 Å². The van der Waals surface area contributed by atoms with Gasteiger partial charge in [-0.2, -0.15) is 0 Å². The summed E-state index contributed by atoms with van der Waals surface area (Å²) in [5.41, 5.74) is 2.14. The molecular formula is C23H28N2O5. The van der Waals surface area contributed by atoms with Crippen molar-refractivity contribution >= 4 is 11.6 Å². The first kappa shape index (κ1) is 20.5. The van der Waals surface area contributed by atoms with Crippen molar-refractivity contribution in [3.05, 3.63) is 47.5 Å². The van der Waals surface area contributed by atoms with E-state index in [1.807, 2.05) is 37.3 Å². The van der Waals surface area contributed by atoms with Crippen molar-refractivity contribution in [2.75, 3.05) is 58.0 Å². The third-order valence-corrected chi connectivity index (χ3v) is 5.23. The van der Waals surface area contributed by atoms with Gasteiger partial charge in [0, 0.05) is 37.3 Å². The second-order valence-electron chi connectivity index (χ2n) is 7.45. The number of benzene rings is 2. The van der Waals surface area contributed by atoms with Crippen molar-refractivity contribution in [2.24, 2.45) is 0 Å². The summed E-state index contributed by atoms with van der Waals surface area (Å²) in [6.07, 6.45) is 0.829. The lowest BCUT2D eigenvalue weighted by Gasteiger charge is -2.26. The summed E-state index contributed by atoms with van der Waals surface area (Å²) in [6.45, 7) is 8.10. The van der Waals surface area contributed by atoms with Gasteiger partial charge in [0.2, 0.25) is 0 Å². The average Bonchev–Trinajstić information content (AvgIpc) is 3.00. The quantitative estimate of drug-likeness (QED) is 0.786. The number of nitrogens with one attached hydrogen (secondary N) is 1. The fourth-order valence-corrected chi connectivity index (χ4v) is 3.51. The molecule has 2 aliphatic rings. The van der Waals surface area contributed by atoms with Gasteiger partial charge in [-0.15, -0.1) is 0 Å². The van der Waals surface area contributed by atoms with E-state index >= 15 is 0 Å². The minimum atomic E-state index is -0.177. The number of nitrogens with zero attached hydrogens (tertiary/aromatic N) is 1. The molecule has 0 aliphatic carbocycles. The molecule has 160 valence electrons. The lowest BCUT2D eigenvalue weighted by atomic mass is 10.1. The van der Waals surface area contributed by atoms with Crippen molar-refractivity contribution in [1.29, 1.82) is 0 Å². The number of ether oxygens (including phenoxy) is 4. The van der Waals surface area contributed by atoms with Crippen LogP contribution in [0.25, 0.3) is 0 Å². The van der Waals surface area contributed by atoms with Crippen LogP contribution in [-0.4, -0.2) is 63.5 Å². The van der Waals surface area contributed by atoms with E-state index in [0.717, 1.165) is 50.6 Å². The summed E-state index contributed by atoms with van der Waals surface area (Å²) < 4.78 is 22.6. The van der Waals surface area contributed by atoms with Gasteiger partial charge in [-0.25, -0.2) is 0 Å². The molecule has 0 aromatic heterocycles. The highest BCUT2D eigenvalue weighted by Crippen LogP contribution is 2.33. The molecule has 7 heteroatoms. The van der Waals surface area contributed by atoms with Crippen LogP contribution in [0.5, 0.6) is 17.2 Å². The van der Waals surface area contributed by atoms with Crippen LogP contribution in [0.15, 0.2) is 36.4 Å². The van der Waals surface area contributed by atoms with E-state index in [-0.39, 0.29) is 5.91 Å². The van der Waals surface area contributed by atoms with E-state index in [2.05, 4.69) is 10.2 Å². The largest absolute Gasteiger partial charge is 0.492 e. The fourth-order valence-electron chi connectivity index (χ4n) is 3.51. The van der Waals surface area contributed by atoms with Crippen molar-refractivity contribution < 1.29 is 23.7 Å². The summed E-state index contributed by atoms with van der Waals surface area (Å²) in [7, 11) is 0. The molecule has 0 bridgehead atoms. The lowest BCUT2D eigenvalue weighted by molar-refractivity contribution is 0.0322. The third-order valence-electron chi connectivity index (χ3n) is 5.23. The SMILES string of the molecule is Cc1cc2c(cc1C(=O)Nc1ccc(OCCN3CCOCC3)cc1)OCCCO2. The molecule has 0 radical (unpaired) electrons. The second kappa shape index (κ2) is 9.82. The highest BCUT2D eigenvalue weighted by atomic mass is 16.5. The number of hydrogen-bond acceptors (Lipinski definition) is 6. The monoisotopic (exact) mass is 412 g/mol. The first-order chi connectivity index (χ1) is 14.7. The van der Waals surface area contributed by atoms with Gasteiger partial charge in [0.25, 0.3) is 5.91 Å². The van der Waals surface area contributed by atoms with Gasteiger partial charge in [0.1, 0.15) is 12.4 Å². The van der Waals surface area contributed by atoms with Crippen LogP contribution in [0.2, 0.25) is 0 Å². The molecule has 4 rings (SSSR count). The maximum absolute atomic E-state index is 12.8. The zero-order valence-corrected chi connectivity index (χ0v) is 17.3. The van der Waals surface area contributed by atoms with E-state index in [1.165, 1.54) is 0 Å². The Labute approximate surface area is 176 Å². The van der Waals surface area contributed by atoms with Gasteiger partial charge < -0.3 is 24.3 Å². The van der Waals surface area contributed by atoms with Gasteiger partial charge in [-0.3, -0.25) is 9.69 Å². The molecule has 2 heterocycles. The molecule has 1 amide bonds. The molecular weight excluding hydrogens is 384 g/mol. The van der Waals surface area contributed by atoms with Crippen LogP contribution < -0.4 is 19.5 Å². The van der Waals surface area contributed by atoms with Crippen LogP contribution in [0, 0.1) is 6.92 Å². The van der Waals surface area contributed by atoms with E-state index in [4.69, 9.17) is 18.9 Å². The summed E-state index contributed by atoms with van der Waals surface area (Å²) >= 11 is 0. The average molecular weight is 412 g/mol. The van der Waals surface area contributed by atoms with E-state index in [1.54, 1.807) is 6.07 Å². The van der Waals surface area contributed by atoms with E-state index < -0.39 is 0 Å². The minimum Gasteiger partial charge on any atom is -0.492 e. The smallest absolute Gasteiger partial charge is 0.256 e. The number of rotatable bonds is 6. The third kappa shape index (κ3) is 5.23. The molecule has 0 spiro atoms. The fraction of sp³-hybridized carbons (Fsp3) is 0.435. The number of carbonyl (C=O) groups excluding carboxylic acids is 1. The molecule has 7 nitrogen and oxygen atoms in total. The highest BCUT2D eigenvalue weighted by molar-refractivity contribution is 6.05. The maximum Gasteiger partial charge on any atom is 0.256 e. The molecule has 1 N–H and O–H groups in total. The number of anilines is 1. The predicted molar refractivity (Wildman–Crippen MR) is 114 cm³/mol. The second-order valence-corrected chi connectivity index (χ2v) is 7.45.